The molecule has 0 aliphatic carbocycles. The smallest absolute Gasteiger partial charge is 0.326 e. The molecule has 9 nitrogen and oxygen atoms in total. The third kappa shape index (κ3) is 5.64. The molecule has 11 heteroatoms. The summed E-state index contributed by atoms with van der Waals surface area (Å²) in [6, 6.07) is 19.3. The molecule has 0 unspecified atom stereocenters. The minimum Gasteiger partial charge on any atom is -0.497 e. The number of rotatable bonds is 8. The van der Waals surface area contributed by atoms with Crippen LogP contribution in [0.15, 0.2) is 82.7 Å². The molecule has 0 bridgehead atoms. The second-order valence-electron chi connectivity index (χ2n) is 7.52. The average molecular weight is 526 g/mol. The second-order valence-corrected chi connectivity index (χ2v) is 10.2. The number of hydrogen-bond donors (Lipinski definition) is 1. The predicted molar refractivity (Wildman–Crippen MR) is 137 cm³/mol. The van der Waals surface area contributed by atoms with Crippen molar-refractivity contribution in [2.24, 2.45) is 4.99 Å². The zero-order valence-corrected chi connectivity index (χ0v) is 21.1. The number of amides is 1. The molecule has 1 heterocycles. The number of fused-ring (bicyclic) bond motifs is 1. The number of carbonyl (C=O) groups is 2. The van der Waals surface area contributed by atoms with Gasteiger partial charge in [0.1, 0.15) is 12.3 Å². The Morgan fingerprint density at radius 1 is 1.03 bits per heavy atom. The molecule has 3 aromatic carbocycles. The van der Waals surface area contributed by atoms with E-state index in [4.69, 9.17) is 9.47 Å². The first-order chi connectivity index (χ1) is 17.3. The third-order valence-electron chi connectivity index (χ3n) is 5.12. The lowest BCUT2D eigenvalue weighted by Gasteiger charge is -2.08. The van der Waals surface area contributed by atoms with Crippen molar-refractivity contribution >= 4 is 49.1 Å². The normalized spacial score (nSPS) is 11.9. The van der Waals surface area contributed by atoms with E-state index in [0.717, 1.165) is 4.70 Å². The number of thiazole rings is 1. The number of carbonyl (C=O) groups excluding carboxylic acids is 2. The number of hydrogen-bond acceptors (Lipinski definition) is 7. The van der Waals surface area contributed by atoms with Gasteiger partial charge in [-0.05, 0) is 61.5 Å². The van der Waals surface area contributed by atoms with Crippen LogP contribution >= 0.6 is 11.3 Å². The highest BCUT2D eigenvalue weighted by atomic mass is 32.2. The van der Waals surface area contributed by atoms with Crippen LogP contribution in [0.3, 0.4) is 0 Å². The van der Waals surface area contributed by atoms with Gasteiger partial charge in [0.25, 0.3) is 15.9 Å². The van der Waals surface area contributed by atoms with Gasteiger partial charge in [-0.3, -0.25) is 14.3 Å². The van der Waals surface area contributed by atoms with E-state index in [1.54, 1.807) is 55.0 Å². The van der Waals surface area contributed by atoms with Crippen LogP contribution in [0.4, 0.5) is 5.69 Å². The van der Waals surface area contributed by atoms with Crippen LogP contribution in [-0.2, 0) is 26.1 Å². The molecule has 0 aliphatic heterocycles. The largest absolute Gasteiger partial charge is 0.497 e. The van der Waals surface area contributed by atoms with Gasteiger partial charge >= 0.3 is 5.97 Å². The summed E-state index contributed by atoms with van der Waals surface area (Å²) in [5, 5.41) is 0. The second kappa shape index (κ2) is 10.8. The van der Waals surface area contributed by atoms with E-state index in [9.17, 15) is 18.0 Å². The SMILES string of the molecule is CCOC(=O)Cn1c(=NC(=O)c2ccc(NS(=O)(=O)c3ccccc3)cc2)sc2cc(OC)ccc21. The summed E-state index contributed by atoms with van der Waals surface area (Å²) in [5.41, 5.74) is 1.28. The molecule has 186 valence electrons. The number of anilines is 1. The summed E-state index contributed by atoms with van der Waals surface area (Å²) < 4.78 is 40.3. The fraction of sp³-hybridized carbons (Fsp3) is 0.160. The lowest BCUT2D eigenvalue weighted by Crippen LogP contribution is -2.23. The van der Waals surface area contributed by atoms with Crippen LogP contribution in [-0.4, -0.2) is 38.6 Å². The Kier molecular flexibility index (Phi) is 7.51. The summed E-state index contributed by atoms with van der Waals surface area (Å²) in [6.07, 6.45) is 0. The molecule has 0 saturated carbocycles. The first-order valence-corrected chi connectivity index (χ1v) is 13.2. The Morgan fingerprint density at radius 3 is 2.42 bits per heavy atom. The van der Waals surface area contributed by atoms with Gasteiger partial charge < -0.3 is 14.0 Å². The highest BCUT2D eigenvalue weighted by Gasteiger charge is 2.15. The summed E-state index contributed by atoms with van der Waals surface area (Å²) in [7, 11) is -2.20. The highest BCUT2D eigenvalue weighted by molar-refractivity contribution is 7.92. The number of nitrogens with one attached hydrogen (secondary N) is 1. The predicted octanol–water partition coefficient (Wildman–Crippen LogP) is 3.82. The van der Waals surface area contributed by atoms with Crippen LogP contribution in [0.1, 0.15) is 17.3 Å². The lowest BCUT2D eigenvalue weighted by atomic mass is 10.2. The van der Waals surface area contributed by atoms with Crippen molar-refractivity contribution in [3.63, 3.8) is 0 Å². The zero-order chi connectivity index (χ0) is 25.7. The van der Waals surface area contributed by atoms with Crippen LogP contribution in [0, 0.1) is 0 Å². The monoisotopic (exact) mass is 525 g/mol. The average Bonchev–Trinajstić information content (AvgIpc) is 3.20. The number of ether oxygens (including phenoxy) is 2. The maximum Gasteiger partial charge on any atom is 0.326 e. The zero-order valence-electron chi connectivity index (χ0n) is 19.5. The molecule has 4 rings (SSSR count). The summed E-state index contributed by atoms with van der Waals surface area (Å²) in [6.45, 7) is 1.85. The molecule has 1 amide bonds. The van der Waals surface area contributed by atoms with Crippen LogP contribution in [0.5, 0.6) is 5.75 Å². The summed E-state index contributed by atoms with van der Waals surface area (Å²) in [5.74, 6) is -0.348. The molecular weight excluding hydrogens is 502 g/mol. The lowest BCUT2D eigenvalue weighted by molar-refractivity contribution is -0.143. The highest BCUT2D eigenvalue weighted by Crippen LogP contribution is 2.23. The van der Waals surface area contributed by atoms with E-state index in [0.29, 0.717) is 21.8 Å². The standard InChI is InChI=1S/C25H23N3O6S2/c1-3-34-23(29)16-28-21-14-13-19(33-2)15-22(21)35-25(28)26-24(30)17-9-11-18(12-10-17)27-36(31,32)20-7-5-4-6-8-20/h4-15,27H,3,16H2,1-2H3. The molecule has 0 atom stereocenters. The molecule has 0 spiro atoms. The molecule has 0 aliphatic rings. The quantitative estimate of drug-likeness (QED) is 0.350. The van der Waals surface area contributed by atoms with E-state index in [-0.39, 0.29) is 23.6 Å². The Labute approximate surface area is 211 Å². The molecule has 1 aromatic heterocycles. The number of benzene rings is 3. The van der Waals surface area contributed by atoms with Gasteiger partial charge in [0, 0.05) is 11.3 Å². The number of sulfonamides is 1. The van der Waals surface area contributed by atoms with Gasteiger partial charge in [-0.15, -0.1) is 0 Å². The van der Waals surface area contributed by atoms with E-state index >= 15 is 0 Å². The fourth-order valence-corrected chi connectivity index (χ4v) is 5.54. The van der Waals surface area contributed by atoms with Gasteiger partial charge in [0.05, 0.1) is 28.8 Å². The summed E-state index contributed by atoms with van der Waals surface area (Å²) >= 11 is 1.24. The molecule has 4 aromatic rings. The van der Waals surface area contributed by atoms with Gasteiger partial charge in [0.2, 0.25) is 0 Å². The van der Waals surface area contributed by atoms with Crippen LogP contribution in [0.2, 0.25) is 0 Å². The minimum atomic E-state index is -3.75. The number of nitrogens with zero attached hydrogens (tertiary/aromatic N) is 2. The third-order valence-corrected chi connectivity index (χ3v) is 7.56. The van der Waals surface area contributed by atoms with Crippen molar-refractivity contribution in [1.29, 1.82) is 0 Å². The molecule has 0 radical (unpaired) electrons. The molecule has 0 saturated heterocycles. The van der Waals surface area contributed by atoms with Crippen molar-refractivity contribution in [2.75, 3.05) is 18.4 Å². The Hall–Kier alpha value is -3.96. The van der Waals surface area contributed by atoms with E-state index in [2.05, 4.69) is 9.71 Å². The maximum atomic E-state index is 12.9. The van der Waals surface area contributed by atoms with Crippen LogP contribution in [0.25, 0.3) is 10.2 Å². The fourth-order valence-electron chi connectivity index (χ4n) is 3.40. The van der Waals surface area contributed by atoms with Gasteiger partial charge in [-0.1, -0.05) is 29.5 Å². The van der Waals surface area contributed by atoms with Gasteiger partial charge in [0.15, 0.2) is 4.80 Å². The van der Waals surface area contributed by atoms with Crippen LogP contribution < -0.4 is 14.3 Å². The van der Waals surface area contributed by atoms with Crippen molar-refractivity contribution in [3.8, 4) is 5.75 Å². The molecule has 36 heavy (non-hydrogen) atoms. The van der Waals surface area contributed by atoms with Crippen molar-refractivity contribution in [1.82, 2.24) is 4.57 Å². The molecule has 1 N–H and O–H groups in total. The Balaban J connectivity index is 1.63. The number of aromatic nitrogens is 1. The number of esters is 1. The maximum absolute atomic E-state index is 12.9. The van der Waals surface area contributed by atoms with Crippen molar-refractivity contribution in [3.05, 3.63) is 83.2 Å². The van der Waals surface area contributed by atoms with Gasteiger partial charge in [-0.2, -0.15) is 4.99 Å². The van der Waals surface area contributed by atoms with E-state index in [1.165, 1.54) is 47.7 Å². The van der Waals surface area contributed by atoms with E-state index in [1.807, 2.05) is 0 Å². The topological polar surface area (TPSA) is 116 Å². The van der Waals surface area contributed by atoms with Crippen molar-refractivity contribution in [2.45, 2.75) is 18.4 Å². The van der Waals surface area contributed by atoms with E-state index < -0.39 is 21.9 Å². The first kappa shape index (κ1) is 25.1. The summed E-state index contributed by atoms with van der Waals surface area (Å²) in [4.78, 5) is 29.8. The van der Waals surface area contributed by atoms with Gasteiger partial charge in [-0.25, -0.2) is 8.42 Å². The molecule has 0 fully saturated rings. The Morgan fingerprint density at radius 2 is 1.75 bits per heavy atom. The van der Waals surface area contributed by atoms with Crippen molar-refractivity contribution < 1.29 is 27.5 Å². The number of methoxy groups -OCH3 is 1. The molecular formula is C25H23N3O6S2. The first-order valence-electron chi connectivity index (χ1n) is 10.9. The Bertz CT molecular complexity index is 1570. The minimum absolute atomic E-state index is 0.105.